The zero-order chi connectivity index (χ0) is 14.8. The lowest BCUT2D eigenvalue weighted by Gasteiger charge is -2.41. The molecule has 1 aromatic carbocycles. The Balaban J connectivity index is 2.34. The topological polar surface area (TPSA) is 40.5 Å². The van der Waals surface area contributed by atoms with Gasteiger partial charge < -0.3 is 10.2 Å². The molecule has 0 aromatic heterocycles. The second-order valence-corrected chi connectivity index (χ2v) is 6.57. The summed E-state index contributed by atoms with van der Waals surface area (Å²) in [5, 5.41) is 22.0. The van der Waals surface area contributed by atoms with Gasteiger partial charge in [-0.2, -0.15) is 0 Å². The molecule has 1 fully saturated rings. The van der Waals surface area contributed by atoms with Crippen LogP contribution in [0, 0.1) is 5.41 Å². The molecule has 0 saturated heterocycles. The average Bonchev–Trinajstić information content (AvgIpc) is 2.71. The van der Waals surface area contributed by atoms with Gasteiger partial charge in [-0.05, 0) is 49.8 Å². The fourth-order valence-electron chi connectivity index (χ4n) is 3.34. The van der Waals surface area contributed by atoms with E-state index in [4.69, 9.17) is 23.2 Å². The van der Waals surface area contributed by atoms with Crippen LogP contribution in [-0.4, -0.2) is 22.4 Å². The highest BCUT2D eigenvalue weighted by molar-refractivity contribution is 6.35. The van der Waals surface area contributed by atoms with Crippen LogP contribution < -0.4 is 0 Å². The van der Waals surface area contributed by atoms with E-state index in [9.17, 15) is 10.2 Å². The lowest BCUT2D eigenvalue weighted by molar-refractivity contribution is -0.0848. The third kappa shape index (κ3) is 2.75. The number of aliphatic hydroxyl groups excluding tert-OH is 1. The van der Waals surface area contributed by atoms with Crippen LogP contribution in [0.1, 0.15) is 31.2 Å². The van der Waals surface area contributed by atoms with E-state index in [2.05, 4.69) is 6.58 Å². The average molecular weight is 315 g/mol. The fourth-order valence-corrected chi connectivity index (χ4v) is 3.81. The van der Waals surface area contributed by atoms with Gasteiger partial charge in [0.05, 0.1) is 12.2 Å². The minimum atomic E-state index is -0.910. The number of hydrogen-bond donors (Lipinski definition) is 2. The standard InChI is InChI=1S/C16H20Cl2O2/c1-2-6-16(20)8-3-7-15(16,11-19)10-12-4-5-13(17)9-14(12)18/h2,4-5,9,19-20H,1,3,6-8,10-11H2/t15-,16-/m1/s1. The molecule has 0 heterocycles. The molecule has 0 bridgehead atoms. The lowest BCUT2D eigenvalue weighted by atomic mass is 9.69. The third-order valence-electron chi connectivity index (χ3n) is 4.56. The van der Waals surface area contributed by atoms with Gasteiger partial charge in [-0.1, -0.05) is 35.3 Å². The molecule has 2 nitrogen and oxygen atoms in total. The largest absolute Gasteiger partial charge is 0.396 e. The summed E-state index contributed by atoms with van der Waals surface area (Å²) in [6.45, 7) is 3.66. The van der Waals surface area contributed by atoms with Crippen molar-refractivity contribution in [2.45, 2.75) is 37.7 Å². The first kappa shape index (κ1) is 15.8. The fraction of sp³-hybridized carbons (Fsp3) is 0.500. The number of rotatable bonds is 5. The molecule has 0 unspecified atom stereocenters. The monoisotopic (exact) mass is 314 g/mol. The summed E-state index contributed by atoms with van der Waals surface area (Å²) in [5.41, 5.74) is -0.556. The summed E-state index contributed by atoms with van der Waals surface area (Å²) in [4.78, 5) is 0. The van der Waals surface area contributed by atoms with Crippen LogP contribution >= 0.6 is 23.2 Å². The number of hydrogen-bond acceptors (Lipinski definition) is 2. The molecule has 2 rings (SSSR count). The van der Waals surface area contributed by atoms with Crippen LogP contribution in [0.5, 0.6) is 0 Å². The number of halogens is 2. The van der Waals surface area contributed by atoms with E-state index in [-0.39, 0.29) is 6.61 Å². The Bertz CT molecular complexity index is 503. The molecule has 0 amide bonds. The Hall–Kier alpha value is -0.540. The molecule has 1 aromatic rings. The van der Waals surface area contributed by atoms with Gasteiger partial charge in [0.25, 0.3) is 0 Å². The van der Waals surface area contributed by atoms with Gasteiger partial charge in [0.1, 0.15) is 0 Å². The van der Waals surface area contributed by atoms with Crippen LogP contribution in [0.15, 0.2) is 30.9 Å². The molecule has 2 atom stereocenters. The van der Waals surface area contributed by atoms with Gasteiger partial charge in [-0.15, -0.1) is 6.58 Å². The third-order valence-corrected chi connectivity index (χ3v) is 5.15. The summed E-state index contributed by atoms with van der Waals surface area (Å²) in [6.07, 6.45) is 5.12. The van der Waals surface area contributed by atoms with Gasteiger partial charge in [-0.3, -0.25) is 0 Å². The zero-order valence-corrected chi connectivity index (χ0v) is 12.9. The molecule has 4 heteroatoms. The summed E-state index contributed by atoms with van der Waals surface area (Å²) < 4.78 is 0. The van der Waals surface area contributed by atoms with Crippen molar-refractivity contribution in [3.05, 3.63) is 46.5 Å². The van der Waals surface area contributed by atoms with Crippen molar-refractivity contribution >= 4 is 23.2 Å². The maximum Gasteiger partial charge on any atom is 0.0762 e. The van der Waals surface area contributed by atoms with E-state index < -0.39 is 11.0 Å². The first-order chi connectivity index (χ1) is 9.46. The van der Waals surface area contributed by atoms with Gasteiger partial charge in [0, 0.05) is 15.5 Å². The molecule has 2 N–H and O–H groups in total. The summed E-state index contributed by atoms with van der Waals surface area (Å²) in [7, 11) is 0. The van der Waals surface area contributed by atoms with Crippen LogP contribution in [0.3, 0.4) is 0 Å². The van der Waals surface area contributed by atoms with Crippen molar-refractivity contribution in [1.29, 1.82) is 0 Å². The Morgan fingerprint density at radius 3 is 2.65 bits per heavy atom. The Labute approximate surface area is 130 Å². The van der Waals surface area contributed by atoms with E-state index in [1.807, 2.05) is 6.07 Å². The van der Waals surface area contributed by atoms with Crippen molar-refractivity contribution in [2.24, 2.45) is 5.41 Å². The number of benzene rings is 1. The Morgan fingerprint density at radius 1 is 1.30 bits per heavy atom. The van der Waals surface area contributed by atoms with E-state index >= 15 is 0 Å². The highest BCUT2D eigenvalue weighted by Crippen LogP contribution is 2.51. The first-order valence-electron chi connectivity index (χ1n) is 6.84. The highest BCUT2D eigenvalue weighted by atomic mass is 35.5. The normalized spacial score (nSPS) is 29.6. The number of aliphatic hydroxyl groups is 2. The SMILES string of the molecule is C=CC[C@@]1(O)CCC[C@]1(CO)Cc1ccc(Cl)cc1Cl. The van der Waals surface area contributed by atoms with E-state index in [1.165, 1.54) is 0 Å². The van der Waals surface area contributed by atoms with Crippen molar-refractivity contribution in [1.82, 2.24) is 0 Å². The minimum Gasteiger partial charge on any atom is -0.396 e. The minimum absolute atomic E-state index is 0.0592. The summed E-state index contributed by atoms with van der Waals surface area (Å²) >= 11 is 12.1. The van der Waals surface area contributed by atoms with Crippen LogP contribution in [0.4, 0.5) is 0 Å². The maximum absolute atomic E-state index is 10.9. The Morgan fingerprint density at radius 2 is 2.05 bits per heavy atom. The van der Waals surface area contributed by atoms with Gasteiger partial charge in [0.2, 0.25) is 0 Å². The van der Waals surface area contributed by atoms with E-state index in [0.717, 1.165) is 18.4 Å². The predicted molar refractivity (Wildman–Crippen MR) is 83.3 cm³/mol. The van der Waals surface area contributed by atoms with Crippen LogP contribution in [0.25, 0.3) is 0 Å². The highest BCUT2D eigenvalue weighted by Gasteiger charge is 2.52. The smallest absolute Gasteiger partial charge is 0.0762 e. The van der Waals surface area contributed by atoms with Crippen molar-refractivity contribution in [3.8, 4) is 0 Å². The molecule has 20 heavy (non-hydrogen) atoms. The van der Waals surface area contributed by atoms with Crippen LogP contribution in [0.2, 0.25) is 10.0 Å². The molecule has 1 aliphatic rings. The van der Waals surface area contributed by atoms with Gasteiger partial charge >= 0.3 is 0 Å². The maximum atomic E-state index is 10.9. The molecule has 0 aliphatic heterocycles. The van der Waals surface area contributed by atoms with Crippen molar-refractivity contribution < 1.29 is 10.2 Å². The Kier molecular flexibility index (Phi) is 4.80. The van der Waals surface area contributed by atoms with E-state index in [0.29, 0.717) is 29.3 Å². The molecule has 0 radical (unpaired) electrons. The molecule has 1 saturated carbocycles. The second kappa shape index (κ2) is 6.07. The molecule has 0 spiro atoms. The van der Waals surface area contributed by atoms with E-state index in [1.54, 1.807) is 18.2 Å². The van der Waals surface area contributed by atoms with Crippen LogP contribution in [-0.2, 0) is 6.42 Å². The quantitative estimate of drug-likeness (QED) is 0.806. The molecular weight excluding hydrogens is 295 g/mol. The van der Waals surface area contributed by atoms with Gasteiger partial charge in [0.15, 0.2) is 0 Å². The summed E-state index contributed by atoms with van der Waals surface area (Å²) in [5.74, 6) is 0. The van der Waals surface area contributed by atoms with Crippen molar-refractivity contribution in [2.75, 3.05) is 6.61 Å². The summed E-state index contributed by atoms with van der Waals surface area (Å²) in [6, 6.07) is 5.36. The first-order valence-corrected chi connectivity index (χ1v) is 7.60. The lowest BCUT2D eigenvalue weighted by Crippen LogP contribution is -2.47. The van der Waals surface area contributed by atoms with Crippen molar-refractivity contribution in [3.63, 3.8) is 0 Å². The molecular formula is C16H20Cl2O2. The van der Waals surface area contributed by atoms with Gasteiger partial charge in [-0.25, -0.2) is 0 Å². The molecule has 110 valence electrons. The second-order valence-electron chi connectivity index (χ2n) is 5.73. The predicted octanol–water partition coefficient (Wildman–Crippen LogP) is 4.01. The zero-order valence-electron chi connectivity index (χ0n) is 11.4. The molecule has 1 aliphatic carbocycles.